The van der Waals surface area contributed by atoms with Gasteiger partial charge in [0.25, 0.3) is 5.91 Å². The number of rotatable bonds is 5. The van der Waals surface area contributed by atoms with E-state index in [9.17, 15) is 18.0 Å². The predicted octanol–water partition coefficient (Wildman–Crippen LogP) is 4.77. The zero-order valence-electron chi connectivity index (χ0n) is 14.1. The van der Waals surface area contributed by atoms with E-state index in [1.165, 1.54) is 23.3 Å². The summed E-state index contributed by atoms with van der Waals surface area (Å²) in [5.41, 5.74) is 3.72. The summed E-state index contributed by atoms with van der Waals surface area (Å²) in [5, 5.41) is 1.32. The van der Waals surface area contributed by atoms with Crippen LogP contribution >= 0.6 is 0 Å². The Morgan fingerprint density at radius 1 is 0.926 bits per heavy atom. The first kappa shape index (κ1) is 18.4. The average Bonchev–Trinajstić information content (AvgIpc) is 2.68. The Morgan fingerprint density at radius 2 is 1.59 bits per heavy atom. The van der Waals surface area contributed by atoms with Gasteiger partial charge in [0.1, 0.15) is 5.69 Å². The molecule has 1 aromatic heterocycles. The van der Waals surface area contributed by atoms with Crippen LogP contribution in [0.15, 0.2) is 79.0 Å². The Hall–Kier alpha value is -3.35. The molecule has 27 heavy (non-hydrogen) atoms. The molecule has 0 saturated carbocycles. The molecule has 1 amide bonds. The van der Waals surface area contributed by atoms with Crippen molar-refractivity contribution in [2.24, 2.45) is 0 Å². The number of hydrogen-bond acceptors (Lipinski definition) is 3. The predicted molar refractivity (Wildman–Crippen MR) is 95.6 cm³/mol. The molecule has 0 unspecified atom stereocenters. The number of carbonyl (C=O) groups is 1. The van der Waals surface area contributed by atoms with Gasteiger partial charge in [0.15, 0.2) is 0 Å². The molecule has 0 spiro atoms. The standard InChI is InChI=1S/C20H16F3N3O/c21-20(22,23)16-11-9-15(10-12-16)14-26(25-17-6-2-1-3-7-17)19(27)18-8-4-5-13-24-18/h1-13,25H,14H2. The number of carbonyl (C=O) groups excluding carboxylic acids is 1. The van der Waals surface area contributed by atoms with E-state index in [1.807, 2.05) is 18.2 Å². The van der Waals surface area contributed by atoms with Crippen LogP contribution in [0.4, 0.5) is 18.9 Å². The number of hydrazine groups is 1. The molecule has 3 aromatic rings. The van der Waals surface area contributed by atoms with E-state index in [4.69, 9.17) is 0 Å². The number of amides is 1. The van der Waals surface area contributed by atoms with Crippen LogP contribution in [0.2, 0.25) is 0 Å². The Balaban J connectivity index is 1.84. The molecular weight excluding hydrogens is 355 g/mol. The lowest BCUT2D eigenvalue weighted by Gasteiger charge is -2.24. The summed E-state index contributed by atoms with van der Waals surface area (Å²) in [5.74, 6) is -0.389. The van der Waals surface area contributed by atoms with E-state index in [2.05, 4.69) is 10.4 Å². The van der Waals surface area contributed by atoms with Gasteiger partial charge in [-0.3, -0.25) is 15.2 Å². The summed E-state index contributed by atoms with van der Waals surface area (Å²) in [6.45, 7) is 0.0719. The quantitative estimate of drug-likeness (QED) is 0.657. The lowest BCUT2D eigenvalue weighted by molar-refractivity contribution is -0.137. The first-order chi connectivity index (χ1) is 12.9. The van der Waals surface area contributed by atoms with Crippen LogP contribution in [0.1, 0.15) is 21.6 Å². The van der Waals surface area contributed by atoms with E-state index < -0.39 is 11.7 Å². The van der Waals surface area contributed by atoms with Gasteiger partial charge in [-0.15, -0.1) is 0 Å². The third-order valence-corrected chi connectivity index (χ3v) is 3.79. The maximum absolute atomic E-state index is 12.8. The third-order valence-electron chi connectivity index (χ3n) is 3.79. The van der Waals surface area contributed by atoms with Crippen LogP contribution in [0, 0.1) is 0 Å². The topological polar surface area (TPSA) is 45.2 Å². The molecule has 0 bridgehead atoms. The van der Waals surface area contributed by atoms with Crippen molar-refractivity contribution in [3.8, 4) is 0 Å². The van der Waals surface area contributed by atoms with E-state index in [1.54, 1.807) is 30.3 Å². The largest absolute Gasteiger partial charge is 0.416 e. The van der Waals surface area contributed by atoms with Crippen LogP contribution < -0.4 is 5.43 Å². The van der Waals surface area contributed by atoms with Gasteiger partial charge in [0.05, 0.1) is 17.8 Å². The van der Waals surface area contributed by atoms with E-state index in [0.717, 1.165) is 12.1 Å². The number of hydrogen-bond donors (Lipinski definition) is 1. The molecule has 138 valence electrons. The van der Waals surface area contributed by atoms with Crippen LogP contribution in [-0.4, -0.2) is 15.9 Å². The van der Waals surface area contributed by atoms with Crippen molar-refractivity contribution < 1.29 is 18.0 Å². The van der Waals surface area contributed by atoms with Gasteiger partial charge in [0.2, 0.25) is 0 Å². The van der Waals surface area contributed by atoms with Gasteiger partial charge in [-0.25, -0.2) is 5.01 Å². The van der Waals surface area contributed by atoms with Crippen LogP contribution in [0.25, 0.3) is 0 Å². The molecule has 0 saturated heterocycles. The molecule has 3 rings (SSSR count). The van der Waals surface area contributed by atoms with Crippen molar-refractivity contribution >= 4 is 11.6 Å². The molecule has 0 aliphatic heterocycles. The number of pyridine rings is 1. The summed E-state index contributed by atoms with van der Waals surface area (Å²) >= 11 is 0. The molecular formula is C20H16F3N3O. The van der Waals surface area contributed by atoms with Crippen molar-refractivity contribution in [2.75, 3.05) is 5.43 Å². The average molecular weight is 371 g/mol. The van der Waals surface area contributed by atoms with Gasteiger partial charge in [-0.05, 0) is 42.0 Å². The molecule has 2 aromatic carbocycles. The van der Waals surface area contributed by atoms with E-state index in [0.29, 0.717) is 11.3 Å². The fraction of sp³-hybridized carbons (Fsp3) is 0.100. The molecule has 4 nitrogen and oxygen atoms in total. The van der Waals surface area contributed by atoms with Gasteiger partial charge < -0.3 is 0 Å². The molecule has 0 atom stereocenters. The van der Waals surface area contributed by atoms with Crippen molar-refractivity contribution in [2.45, 2.75) is 12.7 Å². The van der Waals surface area contributed by atoms with Crippen LogP contribution in [0.5, 0.6) is 0 Å². The highest BCUT2D eigenvalue weighted by molar-refractivity contribution is 5.93. The minimum Gasteiger partial charge on any atom is -0.295 e. The molecule has 0 aliphatic rings. The van der Waals surface area contributed by atoms with E-state index >= 15 is 0 Å². The molecule has 1 heterocycles. The second kappa shape index (κ2) is 7.90. The highest BCUT2D eigenvalue weighted by Crippen LogP contribution is 2.29. The summed E-state index contributed by atoms with van der Waals surface area (Å²) in [6, 6.07) is 18.7. The van der Waals surface area contributed by atoms with Crippen molar-refractivity contribution in [1.82, 2.24) is 9.99 Å². The van der Waals surface area contributed by atoms with Crippen molar-refractivity contribution in [3.05, 3.63) is 95.8 Å². The van der Waals surface area contributed by atoms with Crippen molar-refractivity contribution in [1.29, 1.82) is 0 Å². The lowest BCUT2D eigenvalue weighted by Crippen LogP contribution is -2.36. The number of aromatic nitrogens is 1. The smallest absolute Gasteiger partial charge is 0.295 e. The SMILES string of the molecule is O=C(c1ccccn1)N(Cc1ccc(C(F)(F)F)cc1)Nc1ccccc1. The van der Waals surface area contributed by atoms with Crippen LogP contribution in [0.3, 0.4) is 0 Å². The molecule has 7 heteroatoms. The minimum absolute atomic E-state index is 0.0719. The second-order valence-corrected chi connectivity index (χ2v) is 5.78. The second-order valence-electron chi connectivity index (χ2n) is 5.78. The minimum atomic E-state index is -4.40. The first-order valence-corrected chi connectivity index (χ1v) is 8.14. The number of benzene rings is 2. The summed E-state index contributed by atoms with van der Waals surface area (Å²) in [7, 11) is 0. The summed E-state index contributed by atoms with van der Waals surface area (Å²) in [6.07, 6.45) is -2.89. The monoisotopic (exact) mass is 371 g/mol. The fourth-order valence-electron chi connectivity index (χ4n) is 2.44. The highest BCUT2D eigenvalue weighted by Gasteiger charge is 2.30. The zero-order chi connectivity index (χ0) is 19.3. The number of nitrogens with one attached hydrogen (secondary N) is 1. The van der Waals surface area contributed by atoms with Gasteiger partial charge in [0, 0.05) is 6.20 Å². The molecule has 0 fully saturated rings. The number of alkyl halides is 3. The molecule has 1 N–H and O–H groups in total. The van der Waals surface area contributed by atoms with Gasteiger partial charge in [-0.1, -0.05) is 36.4 Å². The van der Waals surface area contributed by atoms with Crippen molar-refractivity contribution in [3.63, 3.8) is 0 Å². The Morgan fingerprint density at radius 3 is 2.19 bits per heavy atom. The number of nitrogens with zero attached hydrogens (tertiary/aromatic N) is 2. The number of halogens is 3. The molecule has 0 aliphatic carbocycles. The van der Waals surface area contributed by atoms with Gasteiger partial charge in [-0.2, -0.15) is 13.2 Å². The Kier molecular flexibility index (Phi) is 5.40. The van der Waals surface area contributed by atoms with Gasteiger partial charge >= 0.3 is 6.18 Å². The zero-order valence-corrected chi connectivity index (χ0v) is 14.1. The summed E-state index contributed by atoms with van der Waals surface area (Å²) in [4.78, 5) is 16.8. The lowest BCUT2D eigenvalue weighted by atomic mass is 10.1. The van der Waals surface area contributed by atoms with Crippen LogP contribution in [-0.2, 0) is 12.7 Å². The number of para-hydroxylation sites is 1. The molecule has 0 radical (unpaired) electrons. The fourth-order valence-corrected chi connectivity index (χ4v) is 2.44. The third kappa shape index (κ3) is 4.84. The van der Waals surface area contributed by atoms with E-state index in [-0.39, 0.29) is 18.1 Å². The maximum atomic E-state index is 12.8. The number of anilines is 1. The maximum Gasteiger partial charge on any atom is 0.416 e. The first-order valence-electron chi connectivity index (χ1n) is 8.14. The summed E-state index contributed by atoms with van der Waals surface area (Å²) < 4.78 is 38.2. The highest BCUT2D eigenvalue weighted by atomic mass is 19.4. The Bertz CT molecular complexity index is 882. The Labute approximate surface area is 154 Å². The normalized spacial score (nSPS) is 11.1.